The van der Waals surface area contributed by atoms with Gasteiger partial charge < -0.3 is 19.8 Å². The number of rotatable bonds is 8. The number of benzene rings is 1. The Kier molecular flexibility index (Phi) is 6.33. The second-order valence-electron chi connectivity index (χ2n) is 6.85. The lowest BCUT2D eigenvalue weighted by Crippen LogP contribution is -2.17. The molecule has 0 saturated carbocycles. The van der Waals surface area contributed by atoms with Gasteiger partial charge in [0, 0.05) is 16.6 Å². The SMILES string of the molecule is CCc1cc(C(Nc2ccccn2)c2cccc(OC)c2)c(NC(=O)c2ccco2)s1. The fourth-order valence-electron chi connectivity index (χ4n) is 3.28. The molecule has 6 nitrogen and oxygen atoms in total. The Morgan fingerprint density at radius 2 is 2.06 bits per heavy atom. The monoisotopic (exact) mass is 433 g/mol. The van der Waals surface area contributed by atoms with E-state index in [0.717, 1.165) is 34.1 Å². The van der Waals surface area contributed by atoms with Gasteiger partial charge in [-0.3, -0.25) is 4.79 Å². The molecule has 4 rings (SSSR count). The molecule has 158 valence electrons. The highest BCUT2D eigenvalue weighted by Crippen LogP contribution is 2.38. The predicted octanol–water partition coefficient (Wildman–Crippen LogP) is 5.76. The van der Waals surface area contributed by atoms with Crippen LogP contribution in [0.5, 0.6) is 5.75 Å². The highest BCUT2D eigenvalue weighted by atomic mass is 32.1. The number of nitrogens with one attached hydrogen (secondary N) is 2. The van der Waals surface area contributed by atoms with Gasteiger partial charge in [0.15, 0.2) is 5.76 Å². The zero-order valence-corrected chi connectivity index (χ0v) is 18.1. The standard InChI is InChI=1S/C24H23N3O3S/c1-3-18-15-19(24(31-18)27-23(28)20-10-7-13-30-20)22(26-21-11-4-5-12-25-21)16-8-6-9-17(14-16)29-2/h4-15,22H,3H2,1-2H3,(H,25,26)(H,27,28). The van der Waals surface area contributed by atoms with Gasteiger partial charge >= 0.3 is 0 Å². The fourth-order valence-corrected chi connectivity index (χ4v) is 4.31. The van der Waals surface area contributed by atoms with Crippen molar-refractivity contribution in [3.63, 3.8) is 0 Å². The number of carbonyl (C=O) groups excluding carboxylic acids is 1. The molecule has 1 aromatic carbocycles. The van der Waals surface area contributed by atoms with Crippen LogP contribution in [-0.4, -0.2) is 18.0 Å². The number of thiophene rings is 1. The quantitative estimate of drug-likeness (QED) is 0.369. The molecule has 1 unspecified atom stereocenters. The van der Waals surface area contributed by atoms with Crippen LogP contribution >= 0.6 is 11.3 Å². The molecular formula is C24H23N3O3S. The lowest BCUT2D eigenvalue weighted by molar-refractivity contribution is 0.0997. The summed E-state index contributed by atoms with van der Waals surface area (Å²) in [5.74, 6) is 1.49. The fraction of sp³-hybridized carbons (Fsp3) is 0.167. The van der Waals surface area contributed by atoms with Crippen molar-refractivity contribution in [2.75, 3.05) is 17.7 Å². The summed E-state index contributed by atoms with van der Waals surface area (Å²) in [5.41, 5.74) is 1.96. The first-order valence-electron chi connectivity index (χ1n) is 9.97. The number of hydrogen-bond donors (Lipinski definition) is 2. The molecule has 3 aromatic heterocycles. The van der Waals surface area contributed by atoms with Gasteiger partial charge in [-0.25, -0.2) is 4.98 Å². The average molecular weight is 434 g/mol. The number of aryl methyl sites for hydroxylation is 1. The summed E-state index contributed by atoms with van der Waals surface area (Å²) in [6, 6.07) is 18.8. The van der Waals surface area contributed by atoms with Gasteiger partial charge in [-0.15, -0.1) is 11.3 Å². The van der Waals surface area contributed by atoms with Crippen LogP contribution in [-0.2, 0) is 6.42 Å². The summed E-state index contributed by atoms with van der Waals surface area (Å²) in [6.45, 7) is 2.10. The van der Waals surface area contributed by atoms with Crippen LogP contribution in [0.4, 0.5) is 10.8 Å². The molecule has 4 aromatic rings. The van der Waals surface area contributed by atoms with Crippen LogP contribution in [0.2, 0.25) is 0 Å². The van der Waals surface area contributed by atoms with Crippen molar-refractivity contribution in [2.45, 2.75) is 19.4 Å². The third kappa shape index (κ3) is 4.78. The molecule has 1 amide bonds. The third-order valence-corrected chi connectivity index (χ3v) is 6.04. The van der Waals surface area contributed by atoms with Crippen LogP contribution < -0.4 is 15.4 Å². The Labute approximate surface area is 184 Å². The molecule has 0 radical (unpaired) electrons. The van der Waals surface area contributed by atoms with Crippen molar-refractivity contribution in [3.05, 3.63) is 94.9 Å². The van der Waals surface area contributed by atoms with Crippen molar-refractivity contribution in [3.8, 4) is 5.75 Å². The number of amides is 1. The van der Waals surface area contributed by atoms with Crippen LogP contribution in [0.25, 0.3) is 0 Å². The smallest absolute Gasteiger partial charge is 0.291 e. The molecule has 2 N–H and O–H groups in total. The topological polar surface area (TPSA) is 76.4 Å². The van der Waals surface area contributed by atoms with E-state index < -0.39 is 0 Å². The second-order valence-corrected chi connectivity index (χ2v) is 7.99. The minimum absolute atomic E-state index is 0.242. The first-order chi connectivity index (χ1) is 15.2. The van der Waals surface area contributed by atoms with Gasteiger partial charge in [0.05, 0.1) is 19.4 Å². The lowest BCUT2D eigenvalue weighted by Gasteiger charge is -2.21. The van der Waals surface area contributed by atoms with E-state index in [1.165, 1.54) is 11.1 Å². The van der Waals surface area contributed by atoms with Gasteiger partial charge in [0.1, 0.15) is 16.6 Å². The molecule has 7 heteroatoms. The highest BCUT2D eigenvalue weighted by molar-refractivity contribution is 7.16. The van der Waals surface area contributed by atoms with E-state index in [0.29, 0.717) is 0 Å². The maximum atomic E-state index is 12.7. The molecule has 0 saturated heterocycles. The number of ether oxygens (including phenoxy) is 1. The maximum Gasteiger partial charge on any atom is 0.291 e. The lowest BCUT2D eigenvalue weighted by atomic mass is 9.99. The van der Waals surface area contributed by atoms with E-state index in [1.807, 2.05) is 42.5 Å². The largest absolute Gasteiger partial charge is 0.497 e. The first kappa shape index (κ1) is 20.7. The Hall–Kier alpha value is -3.58. The summed E-state index contributed by atoms with van der Waals surface area (Å²) in [5, 5.41) is 7.31. The number of nitrogens with zero attached hydrogens (tertiary/aromatic N) is 1. The zero-order chi connectivity index (χ0) is 21.6. The molecule has 3 heterocycles. The molecule has 0 bridgehead atoms. The number of furan rings is 1. The maximum absolute atomic E-state index is 12.7. The summed E-state index contributed by atoms with van der Waals surface area (Å²) in [6.07, 6.45) is 4.10. The van der Waals surface area contributed by atoms with E-state index >= 15 is 0 Å². The van der Waals surface area contributed by atoms with Gasteiger partial charge in [-0.05, 0) is 54.4 Å². The number of hydrogen-bond acceptors (Lipinski definition) is 6. The van der Waals surface area contributed by atoms with Crippen molar-refractivity contribution in [2.24, 2.45) is 0 Å². The molecular weight excluding hydrogens is 410 g/mol. The van der Waals surface area contributed by atoms with E-state index in [2.05, 4.69) is 28.6 Å². The van der Waals surface area contributed by atoms with E-state index in [9.17, 15) is 4.79 Å². The molecule has 0 aliphatic rings. The Morgan fingerprint density at radius 1 is 1.16 bits per heavy atom. The predicted molar refractivity (Wildman–Crippen MR) is 123 cm³/mol. The Bertz CT molecular complexity index is 1140. The van der Waals surface area contributed by atoms with Gasteiger partial charge in [-0.2, -0.15) is 0 Å². The summed E-state index contributed by atoms with van der Waals surface area (Å²) in [7, 11) is 1.65. The van der Waals surface area contributed by atoms with Crippen molar-refractivity contribution in [1.29, 1.82) is 0 Å². The summed E-state index contributed by atoms with van der Waals surface area (Å²) < 4.78 is 10.7. The number of carbonyl (C=O) groups is 1. The van der Waals surface area contributed by atoms with Crippen LogP contribution in [0.1, 0.15) is 39.5 Å². The van der Waals surface area contributed by atoms with E-state index in [1.54, 1.807) is 36.8 Å². The van der Waals surface area contributed by atoms with Crippen molar-refractivity contribution < 1.29 is 13.9 Å². The van der Waals surface area contributed by atoms with Crippen LogP contribution in [0, 0.1) is 0 Å². The molecule has 0 spiro atoms. The normalized spacial score (nSPS) is 11.7. The van der Waals surface area contributed by atoms with Gasteiger partial charge in [0.2, 0.25) is 0 Å². The molecule has 0 aliphatic heterocycles. The molecule has 1 atom stereocenters. The highest BCUT2D eigenvalue weighted by Gasteiger charge is 2.23. The molecule has 0 fully saturated rings. The van der Waals surface area contributed by atoms with E-state index in [-0.39, 0.29) is 17.7 Å². The minimum Gasteiger partial charge on any atom is -0.497 e. The van der Waals surface area contributed by atoms with Gasteiger partial charge in [0.25, 0.3) is 5.91 Å². The average Bonchev–Trinajstić information content (AvgIpc) is 3.48. The molecule has 31 heavy (non-hydrogen) atoms. The number of aromatic nitrogens is 1. The van der Waals surface area contributed by atoms with Crippen molar-refractivity contribution >= 4 is 28.1 Å². The van der Waals surface area contributed by atoms with E-state index in [4.69, 9.17) is 9.15 Å². The van der Waals surface area contributed by atoms with Gasteiger partial charge in [-0.1, -0.05) is 25.1 Å². The minimum atomic E-state index is -0.280. The molecule has 0 aliphatic carbocycles. The third-order valence-electron chi connectivity index (χ3n) is 4.83. The second kappa shape index (κ2) is 9.49. The number of methoxy groups -OCH3 is 1. The zero-order valence-electron chi connectivity index (χ0n) is 17.3. The van der Waals surface area contributed by atoms with Crippen LogP contribution in [0.15, 0.2) is 77.5 Å². The Balaban J connectivity index is 1.76. The Morgan fingerprint density at radius 3 is 2.77 bits per heavy atom. The first-order valence-corrected chi connectivity index (χ1v) is 10.8. The van der Waals surface area contributed by atoms with Crippen molar-refractivity contribution in [1.82, 2.24) is 4.98 Å². The summed E-state index contributed by atoms with van der Waals surface area (Å²) in [4.78, 5) is 18.3. The summed E-state index contributed by atoms with van der Waals surface area (Å²) >= 11 is 1.56. The van der Waals surface area contributed by atoms with Crippen LogP contribution in [0.3, 0.4) is 0 Å². The number of pyridine rings is 1. The number of anilines is 2.